The molecule has 188 valence electrons. The van der Waals surface area contributed by atoms with Crippen LogP contribution in [0.3, 0.4) is 0 Å². The van der Waals surface area contributed by atoms with Crippen molar-refractivity contribution in [3.05, 3.63) is 125 Å². The van der Waals surface area contributed by atoms with Crippen LogP contribution in [0.25, 0.3) is 56.4 Å². The number of nitrogens with zero attached hydrogens (tertiary/aromatic N) is 2. The zero-order valence-corrected chi connectivity index (χ0v) is 22.2. The van der Waals surface area contributed by atoms with Gasteiger partial charge >= 0.3 is 0 Å². The number of imidazole rings is 1. The van der Waals surface area contributed by atoms with Crippen molar-refractivity contribution in [2.45, 2.75) is 33.2 Å². The fraction of sp³-hybridized carbons (Fsp3) is 0.139. The van der Waals surface area contributed by atoms with Crippen LogP contribution in [-0.2, 0) is 13.0 Å². The molecule has 0 atom stereocenters. The molecule has 4 aromatic carbocycles. The molecule has 3 heteroatoms. The molecule has 0 fully saturated rings. The smallest absolute Gasteiger partial charge is 0.294 e. The maximum absolute atomic E-state index is 6.61. The largest absolute Gasteiger partial charge is 0.460 e. The van der Waals surface area contributed by atoms with Gasteiger partial charge in [-0.15, -0.1) is 0 Å². The molecule has 0 radical (unpaired) electrons. The van der Waals surface area contributed by atoms with Crippen molar-refractivity contribution in [2.75, 3.05) is 0 Å². The second kappa shape index (κ2) is 8.44. The lowest BCUT2D eigenvalue weighted by molar-refractivity contribution is -0.671. The lowest BCUT2D eigenvalue weighted by atomic mass is 9.89. The number of fused-ring (bicyclic) bond motifs is 6. The zero-order chi connectivity index (χ0) is 26.1. The van der Waals surface area contributed by atoms with Crippen LogP contribution in [0.1, 0.15) is 34.4 Å². The summed E-state index contributed by atoms with van der Waals surface area (Å²) in [4.78, 5) is 0. The summed E-state index contributed by atoms with van der Waals surface area (Å²) in [6.07, 6.45) is 11.0. The van der Waals surface area contributed by atoms with Crippen LogP contribution in [0.15, 0.2) is 102 Å². The van der Waals surface area contributed by atoms with Crippen molar-refractivity contribution in [1.82, 2.24) is 4.57 Å². The first-order valence-corrected chi connectivity index (χ1v) is 13.8. The van der Waals surface area contributed by atoms with E-state index in [0.29, 0.717) is 0 Å². The number of benzene rings is 4. The van der Waals surface area contributed by atoms with E-state index in [0.717, 1.165) is 30.7 Å². The highest BCUT2D eigenvalue weighted by Crippen LogP contribution is 2.47. The molecule has 0 bridgehead atoms. The van der Waals surface area contributed by atoms with Crippen LogP contribution in [-0.4, -0.2) is 4.57 Å². The molecule has 0 N–H and O–H groups in total. The Kier molecular flexibility index (Phi) is 4.84. The molecule has 1 aliphatic carbocycles. The Bertz CT molecular complexity index is 1930. The summed E-state index contributed by atoms with van der Waals surface area (Å²) in [6, 6.07) is 28.8. The molecular weight excluding hydrogens is 476 g/mol. The van der Waals surface area contributed by atoms with Gasteiger partial charge in [0, 0.05) is 34.1 Å². The molecule has 2 aliphatic rings. The second-order valence-electron chi connectivity index (χ2n) is 10.9. The maximum Gasteiger partial charge on any atom is 0.294 e. The monoisotopic (exact) mass is 505 g/mol. The van der Waals surface area contributed by atoms with Crippen LogP contribution in [0.5, 0.6) is 0 Å². The second-order valence-corrected chi connectivity index (χ2v) is 10.9. The molecule has 1 aliphatic heterocycles. The van der Waals surface area contributed by atoms with Crippen molar-refractivity contribution in [3.8, 4) is 39.3 Å². The molecule has 0 unspecified atom stereocenters. The number of aromatic nitrogens is 2. The average molecular weight is 506 g/mol. The molecule has 6 aromatic rings. The molecule has 3 heterocycles. The summed E-state index contributed by atoms with van der Waals surface area (Å²) in [6.45, 7) is 5.21. The van der Waals surface area contributed by atoms with Gasteiger partial charge in [0.25, 0.3) is 5.82 Å². The van der Waals surface area contributed by atoms with E-state index in [-0.39, 0.29) is 0 Å². The van der Waals surface area contributed by atoms with Gasteiger partial charge in [0.2, 0.25) is 0 Å². The number of aryl methyl sites for hydroxylation is 3. The van der Waals surface area contributed by atoms with Crippen molar-refractivity contribution in [2.24, 2.45) is 0 Å². The van der Waals surface area contributed by atoms with E-state index in [9.17, 15) is 0 Å². The van der Waals surface area contributed by atoms with Crippen LogP contribution >= 0.6 is 0 Å². The van der Waals surface area contributed by atoms with E-state index < -0.39 is 0 Å². The van der Waals surface area contributed by atoms with Crippen molar-refractivity contribution in [1.29, 1.82) is 0 Å². The van der Waals surface area contributed by atoms with Crippen LogP contribution in [0.2, 0.25) is 0 Å². The van der Waals surface area contributed by atoms with Crippen LogP contribution in [0, 0.1) is 13.8 Å². The highest BCUT2D eigenvalue weighted by molar-refractivity contribution is 6.08. The SMILES string of the molecule is Cc1ccc(-c2cc3oc4c(c3c(-c3ccccc3)c2-n2cc[n+]3c2-c2ccc(C)cc2C3)C=CCC4)cc1. The third-order valence-corrected chi connectivity index (χ3v) is 8.29. The number of hydrogen-bond acceptors (Lipinski definition) is 1. The van der Waals surface area contributed by atoms with Gasteiger partial charge in [0.15, 0.2) is 0 Å². The summed E-state index contributed by atoms with van der Waals surface area (Å²) in [5.74, 6) is 2.31. The van der Waals surface area contributed by atoms with E-state index in [1.54, 1.807) is 0 Å². The average Bonchev–Trinajstić information content (AvgIpc) is 3.64. The number of rotatable bonds is 3. The summed E-state index contributed by atoms with van der Waals surface area (Å²) < 4.78 is 11.4. The van der Waals surface area contributed by atoms with Gasteiger partial charge in [-0.05, 0) is 43.5 Å². The Morgan fingerprint density at radius 3 is 2.49 bits per heavy atom. The van der Waals surface area contributed by atoms with Gasteiger partial charge in [-0.25, -0.2) is 4.57 Å². The Balaban J connectivity index is 1.54. The summed E-state index contributed by atoms with van der Waals surface area (Å²) in [5, 5.41) is 1.20. The third-order valence-electron chi connectivity index (χ3n) is 8.29. The highest BCUT2D eigenvalue weighted by atomic mass is 16.3. The predicted molar refractivity (Wildman–Crippen MR) is 158 cm³/mol. The standard InChI is InChI=1S/C36H29N2O/c1-23-12-15-25(16-13-23)30-21-32-34(29-10-6-7-11-31(29)39-32)33(26-8-4-3-5-9-26)35(30)38-19-18-37-22-27-20-24(2)14-17-28(27)36(37)38/h3-6,8-10,12-21H,7,11,22H2,1-2H3/q+1. The number of furan rings is 1. The predicted octanol–water partition coefficient (Wildman–Crippen LogP) is 8.45. The van der Waals surface area contributed by atoms with E-state index in [1.807, 2.05) is 0 Å². The van der Waals surface area contributed by atoms with E-state index in [2.05, 4.69) is 126 Å². The molecular formula is C36H29N2O+. The highest BCUT2D eigenvalue weighted by Gasteiger charge is 2.34. The molecule has 2 aromatic heterocycles. The van der Waals surface area contributed by atoms with E-state index >= 15 is 0 Å². The lowest BCUT2D eigenvalue weighted by Crippen LogP contribution is -2.30. The van der Waals surface area contributed by atoms with Crippen LogP contribution < -0.4 is 4.57 Å². The Labute approximate surface area is 228 Å². The topological polar surface area (TPSA) is 21.9 Å². The quantitative estimate of drug-likeness (QED) is 0.221. The Hall–Kier alpha value is -4.63. The van der Waals surface area contributed by atoms with E-state index in [4.69, 9.17) is 4.42 Å². The Morgan fingerprint density at radius 2 is 1.64 bits per heavy atom. The van der Waals surface area contributed by atoms with E-state index in [1.165, 1.54) is 67.0 Å². The number of hydrogen-bond donors (Lipinski definition) is 0. The minimum absolute atomic E-state index is 0.895. The Morgan fingerprint density at radius 1 is 0.821 bits per heavy atom. The van der Waals surface area contributed by atoms with Crippen molar-refractivity contribution >= 4 is 17.0 Å². The lowest BCUT2D eigenvalue weighted by Gasteiger charge is -2.16. The van der Waals surface area contributed by atoms with Gasteiger partial charge in [0.1, 0.15) is 36.0 Å². The van der Waals surface area contributed by atoms with Gasteiger partial charge in [-0.2, -0.15) is 4.57 Å². The van der Waals surface area contributed by atoms with Gasteiger partial charge in [-0.1, -0.05) is 90.0 Å². The van der Waals surface area contributed by atoms with Gasteiger partial charge in [-0.3, -0.25) is 0 Å². The minimum Gasteiger partial charge on any atom is -0.460 e. The first-order chi connectivity index (χ1) is 19.2. The summed E-state index contributed by atoms with van der Waals surface area (Å²) >= 11 is 0. The molecule has 3 nitrogen and oxygen atoms in total. The molecule has 8 rings (SSSR count). The van der Waals surface area contributed by atoms with Crippen molar-refractivity contribution < 1.29 is 8.98 Å². The molecule has 39 heavy (non-hydrogen) atoms. The first kappa shape index (κ1) is 22.4. The molecule has 0 amide bonds. The normalized spacial score (nSPS) is 13.5. The molecule has 0 saturated heterocycles. The third kappa shape index (κ3) is 3.39. The molecule has 0 saturated carbocycles. The van der Waals surface area contributed by atoms with Crippen molar-refractivity contribution in [3.63, 3.8) is 0 Å². The maximum atomic E-state index is 6.61. The fourth-order valence-electron chi connectivity index (χ4n) is 6.46. The molecule has 0 spiro atoms. The van der Waals surface area contributed by atoms with Gasteiger partial charge < -0.3 is 4.42 Å². The number of allylic oxidation sites excluding steroid dienone is 1. The first-order valence-electron chi connectivity index (χ1n) is 13.8. The summed E-state index contributed by atoms with van der Waals surface area (Å²) in [7, 11) is 0. The van der Waals surface area contributed by atoms with Gasteiger partial charge in [0.05, 0.1) is 5.56 Å². The zero-order valence-electron chi connectivity index (χ0n) is 22.2. The summed E-state index contributed by atoms with van der Waals surface area (Å²) in [5.41, 5.74) is 13.4. The fourth-order valence-corrected chi connectivity index (χ4v) is 6.46. The minimum atomic E-state index is 0.895. The van der Waals surface area contributed by atoms with Crippen LogP contribution in [0.4, 0.5) is 0 Å².